The maximum Gasteiger partial charge on any atom is 0.303 e. The highest BCUT2D eigenvalue weighted by Gasteiger charge is 2.55. The average molecular weight is 2010 g/mol. The number of esters is 9. The van der Waals surface area contributed by atoms with Gasteiger partial charge >= 0.3 is 59.7 Å². The fourth-order valence-corrected chi connectivity index (χ4v) is 14.7. The molecule has 0 aliphatic carbocycles. The number of aliphatic carboxylic acids is 1. The van der Waals surface area contributed by atoms with Gasteiger partial charge in [0.15, 0.2) is 55.5 Å². The molecule has 3 heterocycles. The minimum atomic E-state index is -1.49. The number of carboxylic acids is 1. The summed E-state index contributed by atoms with van der Waals surface area (Å²) in [6, 6.07) is -3.53. The van der Waals surface area contributed by atoms with Crippen LogP contribution < -0.4 is 53.2 Å². The minimum Gasteiger partial charge on any atom is -0.481 e. The number of unbranched alkanes of at least 4 members (excludes halogenated alkanes) is 10. The number of ether oxygens (including phenoxy) is 18. The molecule has 6 unspecified atom stereocenters. The predicted octanol–water partition coefficient (Wildman–Crippen LogP) is 0.444. The van der Waals surface area contributed by atoms with Gasteiger partial charge in [-0.2, -0.15) is 0 Å². The zero-order valence-corrected chi connectivity index (χ0v) is 82.5. The molecule has 0 aromatic rings. The number of hydrogen-bond acceptors (Lipinski definition) is 38. The highest BCUT2D eigenvalue weighted by molar-refractivity contribution is 5.80. The Hall–Kier alpha value is -11.0. The van der Waals surface area contributed by atoms with Crippen LogP contribution in [0, 0.1) is 0 Å². The molecule has 3 saturated heterocycles. The summed E-state index contributed by atoms with van der Waals surface area (Å²) in [6.45, 7) is 12.0. The van der Waals surface area contributed by atoms with Crippen LogP contribution in [0.1, 0.15) is 244 Å². The number of amides is 10. The SMILES string of the molecule is CC(=O)N[C@H]1C(OC(C)=O)[C@H](OC(C)=O)C(COC(C)=O)O[C@H]1OCCCCC(=O)NCCCNC(=O)CCOCC(COCCC(=O)NCCCNC(=O)CCCCO[C@@H]1OC(COC(C)=O)[C@@H](OC(C)=O)C(OC(C)=O)[C@@H]1NC(C)=O)(COCCC(=O)NCCCNC(=O)CCCCO[C@@H]1OC(COC(C)=O)[C@@H](OC(C)=O)C(OC(C)=O)[C@@H]1NC(C)=O)NC(=O)CCCCCCCCCCC(=O)O. The van der Waals surface area contributed by atoms with Crippen LogP contribution in [0.15, 0.2) is 0 Å². The highest BCUT2D eigenvalue weighted by Crippen LogP contribution is 2.32. The molecule has 0 spiro atoms. The van der Waals surface area contributed by atoms with Crippen LogP contribution in [0.4, 0.5) is 0 Å². The number of carbonyl (C=O) groups excluding carboxylic acids is 19. The second-order valence-electron chi connectivity index (χ2n) is 33.8. The first-order chi connectivity index (χ1) is 66.6. The van der Waals surface area contributed by atoms with Crippen LogP contribution >= 0.6 is 0 Å². The van der Waals surface area contributed by atoms with Crippen LogP contribution in [0.5, 0.6) is 0 Å². The fraction of sp³-hybridized carbons (Fsp3) is 0.780. The smallest absolute Gasteiger partial charge is 0.303 e. The summed E-state index contributed by atoms with van der Waals surface area (Å²) in [5.74, 6) is -11.8. The van der Waals surface area contributed by atoms with Crippen LogP contribution in [-0.2, 0) is 181 Å². The lowest BCUT2D eigenvalue weighted by Crippen LogP contribution is -2.66. The molecular formula is C91H148N10O39. The number of rotatable bonds is 72. The van der Waals surface area contributed by atoms with E-state index in [0.29, 0.717) is 77.0 Å². The van der Waals surface area contributed by atoms with Crippen molar-refractivity contribution >= 4 is 119 Å². The molecule has 10 amide bonds. The third-order valence-electron chi connectivity index (χ3n) is 21.0. The lowest BCUT2D eigenvalue weighted by Gasteiger charge is -2.44. The molecule has 0 bridgehead atoms. The zero-order valence-electron chi connectivity index (χ0n) is 82.5. The summed E-state index contributed by atoms with van der Waals surface area (Å²) in [4.78, 5) is 249. The second-order valence-corrected chi connectivity index (χ2v) is 33.8. The van der Waals surface area contributed by atoms with Crippen LogP contribution in [0.25, 0.3) is 0 Å². The molecule has 49 heteroatoms. The summed E-state index contributed by atoms with van der Waals surface area (Å²) in [7, 11) is 0. The zero-order chi connectivity index (χ0) is 104. The van der Waals surface area contributed by atoms with Gasteiger partial charge in [0.1, 0.15) is 61.8 Å². The summed E-state index contributed by atoms with van der Waals surface area (Å²) in [6.07, 6.45) is -6.54. The molecule has 15 atom stereocenters. The number of hydrogen-bond donors (Lipinski definition) is 11. The van der Waals surface area contributed by atoms with Gasteiger partial charge in [0.25, 0.3) is 0 Å². The van der Waals surface area contributed by atoms with E-state index in [2.05, 4.69) is 53.2 Å². The standard InChI is InChI=1S/C91H148N10O39/c1-56(102)98-79-85(135-65(10)111)82(132-62(7)108)68(50-129-59(4)105)138-88(79)126-44-24-21-30-71(114)92-38-27-41-95-74(117)35-47-123-53-91(101-77(120)33-19-17-15-13-14-16-18-20-34-78(121)122,54-124-48-36-75(118)96-42-28-39-93-72(115)31-22-25-45-127-89-80(99-57(2)103)86(136-66(11)112)83(133-63(8)109)69(139-89)51-130-60(5)106)55-125-49-37-76(119)97-43-29-40-94-73(116)32-23-26-46-128-90-81(100-58(3)104)87(137-67(12)113)84(134-64(9)110)70(140-90)52-131-61(6)107/h68-70,79-90H,13-55H2,1-12H3,(H,92,114)(H,93,115)(H,94,116)(H,95,117)(H,96,118)(H,97,119)(H,98,102)(H,99,103)(H,100,104)(H,101,120)(H,121,122)/t68?,69?,70?,79-,80-,81-,82+,83+,84+,85?,86?,87?,88+,89+,90+,91?/m0/s1. The third kappa shape index (κ3) is 55.9. The Morgan fingerprint density at radius 2 is 0.486 bits per heavy atom. The average Bonchev–Trinajstić information content (AvgIpc) is 0.796. The van der Waals surface area contributed by atoms with Gasteiger partial charge in [-0.25, -0.2) is 0 Å². The van der Waals surface area contributed by atoms with Crippen molar-refractivity contribution in [1.82, 2.24) is 53.2 Å². The van der Waals surface area contributed by atoms with E-state index in [4.69, 9.17) is 90.4 Å². The van der Waals surface area contributed by atoms with Crippen LogP contribution in [-0.4, -0.2) is 340 Å². The van der Waals surface area contributed by atoms with Gasteiger partial charge in [-0.05, 0) is 70.6 Å². The molecule has 3 aliphatic rings. The molecule has 0 aromatic heterocycles. The Bertz CT molecular complexity index is 3570. The van der Waals surface area contributed by atoms with Gasteiger partial charge in [0.05, 0.1) is 39.6 Å². The quantitative estimate of drug-likeness (QED) is 0.0224. The van der Waals surface area contributed by atoms with E-state index >= 15 is 0 Å². The monoisotopic (exact) mass is 2000 g/mol. The molecule has 3 rings (SSSR count). The topological polar surface area (TPSA) is 648 Å². The van der Waals surface area contributed by atoms with E-state index in [1.807, 2.05) is 0 Å². The molecule has 0 saturated carbocycles. The maximum atomic E-state index is 14.1. The van der Waals surface area contributed by atoms with E-state index in [1.54, 1.807) is 0 Å². The van der Waals surface area contributed by atoms with E-state index in [9.17, 15) is 95.9 Å². The van der Waals surface area contributed by atoms with Gasteiger partial charge < -0.3 is 144 Å². The molecule has 796 valence electrons. The summed E-state index contributed by atoms with van der Waals surface area (Å²) >= 11 is 0. The normalized spacial score (nSPS) is 21.2. The highest BCUT2D eigenvalue weighted by atomic mass is 16.7. The van der Waals surface area contributed by atoms with Gasteiger partial charge in [-0.1, -0.05) is 38.5 Å². The van der Waals surface area contributed by atoms with Crippen molar-refractivity contribution in [1.29, 1.82) is 0 Å². The third-order valence-corrected chi connectivity index (χ3v) is 21.0. The molecule has 49 nitrogen and oxygen atoms in total. The van der Waals surface area contributed by atoms with E-state index in [-0.39, 0.29) is 168 Å². The number of nitrogens with one attached hydrogen (secondary N) is 10. The molecular weight excluding hydrogens is 1860 g/mol. The molecule has 11 N–H and O–H groups in total. The Balaban J connectivity index is 1.67. The van der Waals surface area contributed by atoms with Crippen molar-refractivity contribution in [3.05, 3.63) is 0 Å². The summed E-state index contributed by atoms with van der Waals surface area (Å²) in [5, 5.41) is 36.6. The summed E-state index contributed by atoms with van der Waals surface area (Å²) in [5.41, 5.74) is -1.49. The molecule has 140 heavy (non-hydrogen) atoms. The Morgan fingerprint density at radius 3 is 0.729 bits per heavy atom. The van der Waals surface area contributed by atoms with Crippen molar-refractivity contribution in [3.8, 4) is 0 Å². The lowest BCUT2D eigenvalue weighted by molar-refractivity contribution is -0.277. The van der Waals surface area contributed by atoms with Gasteiger partial charge in [-0.15, -0.1) is 0 Å². The van der Waals surface area contributed by atoms with Crippen molar-refractivity contribution in [2.75, 3.05) is 119 Å². The molecule has 0 radical (unpaired) electrons. The van der Waals surface area contributed by atoms with Crippen molar-refractivity contribution in [2.24, 2.45) is 0 Å². The molecule has 3 aliphatic heterocycles. The van der Waals surface area contributed by atoms with E-state index < -0.39 is 218 Å². The minimum absolute atomic E-state index is 0.0172. The number of carbonyl (C=O) groups is 20. The maximum absolute atomic E-state index is 14.1. The Morgan fingerprint density at radius 1 is 0.257 bits per heavy atom. The largest absolute Gasteiger partial charge is 0.481 e. The molecule has 3 fully saturated rings. The second kappa shape index (κ2) is 70.6. The number of carboxylic acid groups (broad SMARTS) is 1. The van der Waals surface area contributed by atoms with Crippen LogP contribution in [0.3, 0.4) is 0 Å². The van der Waals surface area contributed by atoms with Crippen molar-refractivity contribution < 1.29 is 186 Å². The first-order valence-electron chi connectivity index (χ1n) is 47.5. The first kappa shape index (κ1) is 123. The van der Waals surface area contributed by atoms with E-state index in [0.717, 1.165) is 94.4 Å². The van der Waals surface area contributed by atoms with Gasteiger partial charge in [0, 0.05) is 194 Å². The Kier molecular flexibility index (Phi) is 62.2. The van der Waals surface area contributed by atoms with Crippen molar-refractivity contribution in [3.63, 3.8) is 0 Å². The van der Waals surface area contributed by atoms with Crippen molar-refractivity contribution in [2.45, 2.75) is 341 Å². The van der Waals surface area contributed by atoms with Gasteiger partial charge in [0.2, 0.25) is 59.1 Å². The lowest BCUT2D eigenvalue weighted by atomic mass is 9.96. The molecule has 0 aromatic carbocycles. The predicted molar refractivity (Wildman–Crippen MR) is 484 cm³/mol. The van der Waals surface area contributed by atoms with E-state index in [1.165, 1.54) is 20.8 Å². The first-order valence-corrected chi connectivity index (χ1v) is 47.5. The van der Waals surface area contributed by atoms with Crippen LogP contribution in [0.2, 0.25) is 0 Å². The van der Waals surface area contributed by atoms with Gasteiger partial charge in [-0.3, -0.25) is 95.9 Å². The summed E-state index contributed by atoms with van der Waals surface area (Å²) < 4.78 is 103. The Labute approximate surface area is 814 Å². The fourth-order valence-electron chi connectivity index (χ4n) is 14.7.